The van der Waals surface area contributed by atoms with Crippen LogP contribution in [0.3, 0.4) is 0 Å². The van der Waals surface area contributed by atoms with E-state index in [2.05, 4.69) is 60.7 Å². The first-order chi connectivity index (χ1) is 11.3. The summed E-state index contributed by atoms with van der Waals surface area (Å²) >= 11 is 0. The number of fused-ring (bicyclic) bond motifs is 3. The van der Waals surface area contributed by atoms with Crippen molar-refractivity contribution in [3.63, 3.8) is 0 Å². The number of benzene rings is 2. The zero-order valence-electron chi connectivity index (χ0n) is 13.5. The highest BCUT2D eigenvalue weighted by molar-refractivity contribution is 6.88. The van der Waals surface area contributed by atoms with Gasteiger partial charge in [0.15, 0.2) is 0 Å². The highest BCUT2D eigenvalue weighted by Gasteiger charge is 2.45. The van der Waals surface area contributed by atoms with Crippen molar-refractivity contribution >= 4 is 13.7 Å². The maximum Gasteiger partial charge on any atom is 0.403 e. The summed E-state index contributed by atoms with van der Waals surface area (Å²) in [7, 11) is 0.992. The van der Waals surface area contributed by atoms with Gasteiger partial charge < -0.3 is 8.85 Å². The molecule has 0 aliphatic heterocycles. The Hall–Kier alpha value is -1.94. The molecule has 0 fully saturated rings. The molecule has 0 radical (unpaired) electrons. The molecule has 2 aromatic rings. The zero-order valence-corrected chi connectivity index (χ0v) is 14.5. The van der Waals surface area contributed by atoms with Gasteiger partial charge in [0, 0.05) is 19.4 Å². The second-order valence-electron chi connectivity index (χ2n) is 6.01. The lowest BCUT2D eigenvalue weighted by molar-refractivity contribution is 0.266. The fourth-order valence-electron chi connectivity index (χ4n) is 3.90. The Labute approximate surface area is 138 Å². The maximum absolute atomic E-state index is 6.09. The molecule has 2 aromatic carbocycles. The molecule has 0 unspecified atom stereocenters. The van der Waals surface area contributed by atoms with Gasteiger partial charge in [0.05, 0.1) is 0 Å². The van der Waals surface area contributed by atoms with Gasteiger partial charge in [0.1, 0.15) is 0 Å². The fourth-order valence-corrected chi connectivity index (χ4v) is 7.01. The van der Waals surface area contributed by atoms with Crippen molar-refractivity contribution in [1.82, 2.24) is 0 Å². The van der Waals surface area contributed by atoms with E-state index in [0.717, 1.165) is 12.8 Å². The fraction of sp³-hybridized carbons (Fsp3) is 0.200. The van der Waals surface area contributed by atoms with Crippen molar-refractivity contribution in [2.45, 2.75) is 12.8 Å². The lowest BCUT2D eigenvalue weighted by Crippen LogP contribution is -2.55. The van der Waals surface area contributed by atoms with Crippen LogP contribution in [0.4, 0.5) is 0 Å². The van der Waals surface area contributed by atoms with E-state index in [9.17, 15) is 0 Å². The third-order valence-corrected chi connectivity index (χ3v) is 8.52. The van der Waals surface area contributed by atoms with Crippen molar-refractivity contribution in [3.8, 4) is 11.1 Å². The van der Waals surface area contributed by atoms with Gasteiger partial charge in [-0.1, -0.05) is 60.7 Å². The van der Waals surface area contributed by atoms with Crippen LogP contribution in [-0.2, 0) is 15.3 Å². The second kappa shape index (κ2) is 5.60. The number of hydrogen-bond acceptors (Lipinski definition) is 2. The minimum atomic E-state index is -2.58. The van der Waals surface area contributed by atoms with Crippen molar-refractivity contribution in [2.24, 2.45) is 0 Å². The van der Waals surface area contributed by atoms with Crippen molar-refractivity contribution in [1.29, 1.82) is 0 Å². The second-order valence-corrected chi connectivity index (χ2v) is 9.25. The van der Waals surface area contributed by atoms with Crippen LogP contribution in [-0.4, -0.2) is 22.8 Å². The highest BCUT2D eigenvalue weighted by Crippen LogP contribution is 2.37. The largest absolute Gasteiger partial charge is 0.403 e. The molecule has 2 aliphatic rings. The van der Waals surface area contributed by atoms with Crippen LogP contribution in [0, 0.1) is 0 Å². The van der Waals surface area contributed by atoms with Gasteiger partial charge in [-0.2, -0.15) is 0 Å². The number of allylic oxidation sites excluding steroid dienone is 4. The van der Waals surface area contributed by atoms with E-state index in [1.807, 2.05) is 0 Å². The van der Waals surface area contributed by atoms with Crippen LogP contribution in [0.5, 0.6) is 0 Å². The molecular weight excluding hydrogens is 300 g/mol. The van der Waals surface area contributed by atoms with E-state index in [4.69, 9.17) is 8.85 Å². The normalized spacial score (nSPS) is 15.5. The Bertz CT molecular complexity index is 816. The Morgan fingerprint density at radius 2 is 1.70 bits per heavy atom. The third kappa shape index (κ3) is 2.08. The van der Waals surface area contributed by atoms with E-state index < -0.39 is 8.56 Å². The molecule has 0 atom stereocenters. The first kappa shape index (κ1) is 14.6. The monoisotopic (exact) mass is 320 g/mol. The van der Waals surface area contributed by atoms with Crippen LogP contribution in [0.25, 0.3) is 11.1 Å². The highest BCUT2D eigenvalue weighted by atomic mass is 28.4. The van der Waals surface area contributed by atoms with E-state index in [1.165, 1.54) is 32.6 Å². The number of hydrogen-bond donors (Lipinski definition) is 0. The lowest BCUT2D eigenvalue weighted by Gasteiger charge is -2.31. The van der Waals surface area contributed by atoms with Gasteiger partial charge in [0.25, 0.3) is 0 Å². The van der Waals surface area contributed by atoms with Crippen molar-refractivity contribution in [2.75, 3.05) is 14.2 Å². The lowest BCUT2D eigenvalue weighted by atomic mass is 10.1. The molecule has 0 aromatic heterocycles. The summed E-state index contributed by atoms with van der Waals surface area (Å²) in [4.78, 5) is 0. The Balaban J connectivity index is 1.90. The quantitative estimate of drug-likeness (QED) is 0.684. The minimum absolute atomic E-state index is 0.921. The molecule has 23 heavy (non-hydrogen) atoms. The maximum atomic E-state index is 6.09. The summed E-state index contributed by atoms with van der Waals surface area (Å²) in [5.41, 5.74) is 5.44. The van der Waals surface area contributed by atoms with Crippen molar-refractivity contribution in [3.05, 3.63) is 77.0 Å². The van der Waals surface area contributed by atoms with Gasteiger partial charge in [0.2, 0.25) is 0 Å². The van der Waals surface area contributed by atoms with E-state index in [0.29, 0.717) is 0 Å². The molecule has 0 amide bonds. The van der Waals surface area contributed by atoms with E-state index in [1.54, 1.807) is 14.2 Å². The number of rotatable bonds is 4. The Kier molecular flexibility index (Phi) is 3.57. The minimum Gasteiger partial charge on any atom is -0.391 e. The van der Waals surface area contributed by atoms with Gasteiger partial charge in [-0.05, 0) is 40.3 Å². The predicted octanol–water partition coefficient (Wildman–Crippen LogP) is 3.63. The summed E-state index contributed by atoms with van der Waals surface area (Å²) in [5.74, 6) is 0. The molecule has 0 saturated heterocycles. The van der Waals surface area contributed by atoms with E-state index in [-0.39, 0.29) is 0 Å². The molecule has 4 rings (SSSR count). The zero-order chi connectivity index (χ0) is 15.9. The summed E-state index contributed by atoms with van der Waals surface area (Å²) < 4.78 is 12.2. The first-order valence-electron chi connectivity index (χ1n) is 7.97. The molecule has 116 valence electrons. The smallest absolute Gasteiger partial charge is 0.391 e. The summed E-state index contributed by atoms with van der Waals surface area (Å²) in [5, 5.41) is 2.54. The standard InChI is InChI=1S/C20H20O2Si/c1-21-23(22-2,16-9-4-5-10-16)20-13-7-12-18-17-11-6-3-8-15(17)14-19(18)20/h3-9,11-13H,10,14H2,1-2H3. The molecular formula is C20H20O2Si. The third-order valence-electron chi connectivity index (χ3n) is 4.97. The molecule has 0 bridgehead atoms. The Morgan fingerprint density at radius 3 is 2.43 bits per heavy atom. The summed E-state index contributed by atoms with van der Waals surface area (Å²) in [6.07, 6.45) is 8.33. The molecule has 0 N–H and O–H groups in total. The van der Waals surface area contributed by atoms with Crippen molar-refractivity contribution < 1.29 is 8.85 Å². The van der Waals surface area contributed by atoms with Crippen LogP contribution >= 0.6 is 0 Å². The molecule has 0 spiro atoms. The molecule has 0 saturated carbocycles. The van der Waals surface area contributed by atoms with Crippen LogP contribution in [0.2, 0.25) is 0 Å². The van der Waals surface area contributed by atoms with Gasteiger partial charge in [-0.25, -0.2) is 0 Å². The molecule has 2 aliphatic carbocycles. The van der Waals surface area contributed by atoms with Crippen LogP contribution in [0.15, 0.2) is 65.9 Å². The molecule has 0 heterocycles. The topological polar surface area (TPSA) is 18.5 Å². The predicted molar refractivity (Wildman–Crippen MR) is 95.9 cm³/mol. The van der Waals surface area contributed by atoms with Gasteiger partial charge in [-0.3, -0.25) is 0 Å². The molecule has 2 nitrogen and oxygen atoms in total. The SMILES string of the molecule is CO[Si](OC)(C1=CC=CC1)c1cccc2c1Cc1ccccc1-2. The van der Waals surface area contributed by atoms with Gasteiger partial charge >= 0.3 is 8.56 Å². The van der Waals surface area contributed by atoms with Gasteiger partial charge in [-0.15, -0.1) is 0 Å². The average Bonchev–Trinajstić information content (AvgIpc) is 3.25. The average molecular weight is 320 g/mol. The van der Waals surface area contributed by atoms with Crippen LogP contribution in [0.1, 0.15) is 17.5 Å². The first-order valence-corrected chi connectivity index (χ1v) is 9.79. The Morgan fingerprint density at radius 1 is 0.913 bits per heavy atom. The van der Waals surface area contributed by atoms with Crippen LogP contribution < -0.4 is 5.19 Å². The molecule has 3 heteroatoms. The summed E-state index contributed by atoms with van der Waals surface area (Å²) in [6, 6.07) is 15.2. The van der Waals surface area contributed by atoms with E-state index >= 15 is 0 Å². The summed E-state index contributed by atoms with van der Waals surface area (Å²) in [6.45, 7) is 0.